The van der Waals surface area contributed by atoms with Crippen molar-refractivity contribution in [3.05, 3.63) is 34.2 Å². The van der Waals surface area contributed by atoms with E-state index in [1.165, 1.54) is 12.3 Å². The zero-order valence-corrected chi connectivity index (χ0v) is 14.2. The highest BCUT2D eigenvalue weighted by atomic mass is 35.5. The highest BCUT2D eigenvalue weighted by Crippen LogP contribution is 2.20. The maximum atomic E-state index is 12.3. The van der Waals surface area contributed by atoms with Gasteiger partial charge in [0.05, 0.1) is 10.7 Å². The van der Waals surface area contributed by atoms with Crippen LogP contribution < -0.4 is 10.5 Å². The Hall–Kier alpha value is -1.64. The standard InChI is InChI=1S/C13H18ClN5O2S/c1-8-11(9(2)19(3)18-8)4-5-17-22(20,21)12-6-10(14)7-16-13(12)15/h6-7,17H,4-5H2,1-3H3,(H2,15,16). The number of hydrogen-bond acceptors (Lipinski definition) is 5. The Labute approximate surface area is 134 Å². The van der Waals surface area contributed by atoms with E-state index < -0.39 is 10.0 Å². The number of pyridine rings is 1. The van der Waals surface area contributed by atoms with Crippen molar-refractivity contribution < 1.29 is 8.42 Å². The van der Waals surface area contributed by atoms with Crippen molar-refractivity contribution >= 4 is 27.4 Å². The molecule has 0 aromatic carbocycles. The van der Waals surface area contributed by atoms with Gasteiger partial charge in [0.15, 0.2) is 0 Å². The molecule has 9 heteroatoms. The summed E-state index contributed by atoms with van der Waals surface area (Å²) in [4.78, 5) is 3.64. The van der Waals surface area contributed by atoms with Crippen molar-refractivity contribution in [3.63, 3.8) is 0 Å². The number of rotatable bonds is 5. The van der Waals surface area contributed by atoms with Gasteiger partial charge in [-0.1, -0.05) is 11.6 Å². The summed E-state index contributed by atoms with van der Waals surface area (Å²) < 4.78 is 28.8. The van der Waals surface area contributed by atoms with Gasteiger partial charge >= 0.3 is 0 Å². The van der Waals surface area contributed by atoms with E-state index in [4.69, 9.17) is 17.3 Å². The lowest BCUT2D eigenvalue weighted by Gasteiger charge is -2.09. The van der Waals surface area contributed by atoms with Crippen LogP contribution in [0.4, 0.5) is 5.82 Å². The van der Waals surface area contributed by atoms with Crippen LogP contribution in [0.5, 0.6) is 0 Å². The quantitative estimate of drug-likeness (QED) is 0.848. The minimum absolute atomic E-state index is 0.0781. The lowest BCUT2D eigenvalue weighted by Crippen LogP contribution is -2.27. The molecule has 2 aromatic rings. The lowest BCUT2D eigenvalue weighted by atomic mass is 10.1. The van der Waals surface area contributed by atoms with Crippen LogP contribution in [0.3, 0.4) is 0 Å². The molecule has 2 aromatic heterocycles. The van der Waals surface area contributed by atoms with Gasteiger partial charge < -0.3 is 5.73 Å². The summed E-state index contributed by atoms with van der Waals surface area (Å²) in [5, 5.41) is 4.52. The number of aryl methyl sites for hydroxylation is 2. The first-order valence-corrected chi connectivity index (χ1v) is 8.48. The summed E-state index contributed by atoms with van der Waals surface area (Å²) in [5.41, 5.74) is 8.54. The molecule has 0 spiro atoms. The molecule has 0 fully saturated rings. The monoisotopic (exact) mass is 343 g/mol. The fourth-order valence-electron chi connectivity index (χ4n) is 2.21. The number of halogens is 1. The molecule has 22 heavy (non-hydrogen) atoms. The molecule has 2 rings (SSSR count). The first-order valence-electron chi connectivity index (χ1n) is 6.62. The normalized spacial score (nSPS) is 11.8. The highest BCUT2D eigenvalue weighted by Gasteiger charge is 2.19. The number of nitrogen functional groups attached to an aromatic ring is 1. The third-order valence-electron chi connectivity index (χ3n) is 3.46. The predicted octanol–water partition coefficient (Wildman–Crippen LogP) is 1.19. The molecule has 3 N–H and O–H groups in total. The molecule has 2 heterocycles. The van der Waals surface area contributed by atoms with Gasteiger partial charge in [0.25, 0.3) is 0 Å². The molecule has 0 aliphatic carbocycles. The molecular formula is C13H18ClN5O2S. The van der Waals surface area contributed by atoms with Gasteiger partial charge in [0.1, 0.15) is 10.7 Å². The predicted molar refractivity (Wildman–Crippen MR) is 85.2 cm³/mol. The van der Waals surface area contributed by atoms with Crippen LogP contribution in [-0.2, 0) is 23.5 Å². The lowest BCUT2D eigenvalue weighted by molar-refractivity contribution is 0.581. The number of nitrogens with two attached hydrogens (primary N) is 1. The van der Waals surface area contributed by atoms with E-state index in [1.807, 2.05) is 20.9 Å². The Balaban J connectivity index is 2.12. The average Bonchev–Trinajstić information content (AvgIpc) is 2.67. The maximum Gasteiger partial charge on any atom is 0.244 e. The van der Waals surface area contributed by atoms with Crippen molar-refractivity contribution in [2.45, 2.75) is 25.2 Å². The van der Waals surface area contributed by atoms with Gasteiger partial charge in [0, 0.05) is 25.5 Å². The van der Waals surface area contributed by atoms with E-state index in [1.54, 1.807) is 4.68 Å². The third-order valence-corrected chi connectivity index (χ3v) is 5.16. The Morgan fingerprint density at radius 2 is 2.09 bits per heavy atom. The largest absolute Gasteiger partial charge is 0.383 e. The topological polar surface area (TPSA) is 103 Å². The van der Waals surface area contributed by atoms with Crippen molar-refractivity contribution in [2.24, 2.45) is 7.05 Å². The molecule has 0 saturated carbocycles. The maximum absolute atomic E-state index is 12.3. The Morgan fingerprint density at radius 1 is 1.41 bits per heavy atom. The molecule has 120 valence electrons. The molecule has 0 amide bonds. The van der Waals surface area contributed by atoms with E-state index in [2.05, 4.69) is 14.8 Å². The molecular weight excluding hydrogens is 326 g/mol. The van der Waals surface area contributed by atoms with Gasteiger partial charge in [-0.25, -0.2) is 18.1 Å². The Kier molecular flexibility index (Phi) is 4.74. The first kappa shape index (κ1) is 16.7. The SMILES string of the molecule is Cc1nn(C)c(C)c1CCNS(=O)(=O)c1cc(Cl)cnc1N. The third kappa shape index (κ3) is 3.40. The van der Waals surface area contributed by atoms with Crippen molar-refractivity contribution in [1.82, 2.24) is 19.5 Å². The minimum atomic E-state index is -3.75. The number of hydrogen-bond donors (Lipinski definition) is 2. The van der Waals surface area contributed by atoms with Gasteiger partial charge in [-0.05, 0) is 31.9 Å². The van der Waals surface area contributed by atoms with Gasteiger partial charge in [-0.15, -0.1) is 0 Å². The summed E-state index contributed by atoms with van der Waals surface area (Å²) in [6.45, 7) is 4.08. The molecule has 0 aliphatic rings. The van der Waals surface area contributed by atoms with E-state index in [-0.39, 0.29) is 22.3 Å². The second kappa shape index (κ2) is 6.23. The second-order valence-corrected chi connectivity index (χ2v) is 7.13. The smallest absolute Gasteiger partial charge is 0.244 e. The molecule has 0 aliphatic heterocycles. The summed E-state index contributed by atoms with van der Waals surface area (Å²) in [7, 11) is -1.90. The molecule has 0 atom stereocenters. The highest BCUT2D eigenvalue weighted by molar-refractivity contribution is 7.89. The van der Waals surface area contributed by atoms with Crippen molar-refractivity contribution in [1.29, 1.82) is 0 Å². The number of aromatic nitrogens is 3. The minimum Gasteiger partial charge on any atom is -0.383 e. The van der Waals surface area contributed by atoms with Crippen LogP contribution in [0.1, 0.15) is 17.0 Å². The van der Waals surface area contributed by atoms with Crippen LogP contribution >= 0.6 is 11.6 Å². The number of anilines is 1. The van der Waals surface area contributed by atoms with Gasteiger partial charge in [0.2, 0.25) is 10.0 Å². The molecule has 0 saturated heterocycles. The number of nitrogens with zero attached hydrogens (tertiary/aromatic N) is 3. The second-order valence-electron chi connectivity index (χ2n) is 4.96. The fraction of sp³-hybridized carbons (Fsp3) is 0.385. The molecule has 0 bridgehead atoms. The summed E-state index contributed by atoms with van der Waals surface area (Å²) in [5.74, 6) is -0.0781. The zero-order chi connectivity index (χ0) is 16.5. The number of sulfonamides is 1. The van der Waals surface area contributed by atoms with Crippen LogP contribution in [0, 0.1) is 13.8 Å². The summed E-state index contributed by atoms with van der Waals surface area (Å²) in [6, 6.07) is 1.28. The first-order chi connectivity index (χ1) is 10.2. The van der Waals surface area contributed by atoms with Crippen molar-refractivity contribution in [2.75, 3.05) is 12.3 Å². The van der Waals surface area contributed by atoms with E-state index in [0.29, 0.717) is 6.42 Å². The van der Waals surface area contributed by atoms with Crippen LogP contribution in [-0.4, -0.2) is 29.7 Å². The number of nitrogens with one attached hydrogen (secondary N) is 1. The van der Waals surface area contributed by atoms with Gasteiger partial charge in [-0.2, -0.15) is 5.10 Å². The average molecular weight is 344 g/mol. The summed E-state index contributed by atoms with van der Waals surface area (Å²) in [6.07, 6.45) is 1.84. The molecule has 0 radical (unpaired) electrons. The van der Waals surface area contributed by atoms with E-state index in [0.717, 1.165) is 17.0 Å². The van der Waals surface area contributed by atoms with Crippen LogP contribution in [0.15, 0.2) is 17.2 Å². The summed E-state index contributed by atoms with van der Waals surface area (Å²) >= 11 is 5.78. The Bertz CT molecular complexity index is 801. The Morgan fingerprint density at radius 3 is 2.68 bits per heavy atom. The van der Waals surface area contributed by atoms with Crippen LogP contribution in [0.25, 0.3) is 0 Å². The van der Waals surface area contributed by atoms with Crippen LogP contribution in [0.2, 0.25) is 5.02 Å². The molecule has 7 nitrogen and oxygen atoms in total. The van der Waals surface area contributed by atoms with E-state index in [9.17, 15) is 8.42 Å². The fourth-order valence-corrected chi connectivity index (χ4v) is 3.57. The van der Waals surface area contributed by atoms with Gasteiger partial charge in [-0.3, -0.25) is 4.68 Å². The molecule has 0 unspecified atom stereocenters. The van der Waals surface area contributed by atoms with Crippen molar-refractivity contribution in [3.8, 4) is 0 Å². The van der Waals surface area contributed by atoms with E-state index >= 15 is 0 Å². The zero-order valence-electron chi connectivity index (χ0n) is 12.6.